The monoisotopic (exact) mass is 659 g/mol. The van der Waals surface area contributed by atoms with Crippen LogP contribution in [0.5, 0.6) is 0 Å². The molecule has 14 nitrogen and oxygen atoms in total. The number of nitrogens with two attached hydrogens (primary N) is 3. The van der Waals surface area contributed by atoms with Crippen molar-refractivity contribution >= 4 is 35.7 Å². The average Bonchev–Trinajstić information content (AvgIpc) is 3.04. The maximum Gasteiger partial charge on any atom is 0.329 e. The van der Waals surface area contributed by atoms with E-state index in [1.807, 2.05) is 0 Å². The molecule has 15 heteroatoms. The molecular weight excluding hydrogens is 613 g/mol. The second kappa shape index (κ2) is 20.2. The summed E-state index contributed by atoms with van der Waals surface area (Å²) in [7, 11) is 2.31. The Labute approximate surface area is 273 Å². The van der Waals surface area contributed by atoms with Crippen molar-refractivity contribution in [2.75, 3.05) is 20.8 Å². The van der Waals surface area contributed by atoms with Crippen molar-refractivity contribution in [1.82, 2.24) is 15.5 Å². The third-order valence-corrected chi connectivity index (χ3v) is 7.11. The molecule has 2 aromatic carbocycles. The molecule has 0 aliphatic rings. The van der Waals surface area contributed by atoms with Crippen LogP contribution >= 0.6 is 0 Å². The molecule has 4 amide bonds. The summed E-state index contributed by atoms with van der Waals surface area (Å²) in [6.07, 6.45) is 0.559. The zero-order valence-electron chi connectivity index (χ0n) is 27.1. The lowest BCUT2D eigenvalue weighted by molar-refractivity contribution is -0.151. The summed E-state index contributed by atoms with van der Waals surface area (Å²) in [5, 5.41) is 5.21. The van der Waals surface area contributed by atoms with E-state index in [1.54, 1.807) is 74.5 Å². The van der Waals surface area contributed by atoms with Crippen molar-refractivity contribution in [2.24, 2.45) is 28.1 Å². The molecule has 0 unspecified atom stereocenters. The van der Waals surface area contributed by atoms with Gasteiger partial charge in [-0.2, -0.15) is 0 Å². The summed E-state index contributed by atoms with van der Waals surface area (Å²) in [6, 6.07) is 11.6. The Bertz CT molecular complexity index is 1340. The Morgan fingerprint density at radius 2 is 1.36 bits per heavy atom. The fraction of sp³-hybridized carbons (Fsp3) is 0.438. The molecule has 0 saturated heterocycles. The Kier molecular flexibility index (Phi) is 17.1. The molecule has 0 aliphatic heterocycles. The summed E-state index contributed by atoms with van der Waals surface area (Å²) < 4.78 is 9.95. The van der Waals surface area contributed by atoms with Gasteiger partial charge in [0, 0.05) is 19.4 Å². The minimum Gasteiger partial charge on any atom is -0.467 e. The van der Waals surface area contributed by atoms with E-state index in [0.717, 1.165) is 7.11 Å². The number of aliphatic imine (C=N–C) groups is 1. The number of guanidine groups is 1. The number of ether oxygens (including phenoxy) is 2. The van der Waals surface area contributed by atoms with Gasteiger partial charge in [0.1, 0.15) is 18.1 Å². The fourth-order valence-electron chi connectivity index (χ4n) is 4.63. The van der Waals surface area contributed by atoms with Crippen molar-refractivity contribution in [3.05, 3.63) is 71.8 Å². The summed E-state index contributed by atoms with van der Waals surface area (Å²) >= 11 is 0. The summed E-state index contributed by atoms with van der Waals surface area (Å²) in [6.45, 7) is 3.59. The lowest BCUT2D eigenvalue weighted by Gasteiger charge is -2.34. The van der Waals surface area contributed by atoms with E-state index < -0.39 is 59.9 Å². The van der Waals surface area contributed by atoms with Gasteiger partial charge in [0.2, 0.25) is 5.91 Å². The molecule has 8 N–H and O–H groups in total. The molecule has 0 spiro atoms. The van der Waals surface area contributed by atoms with Crippen LogP contribution in [-0.4, -0.2) is 85.6 Å². The fourth-order valence-corrected chi connectivity index (χ4v) is 4.63. The van der Waals surface area contributed by atoms with Gasteiger partial charge in [0.25, 0.3) is 5.91 Å². The molecule has 2 aromatic rings. The Hall–Kier alpha value is -5.05. The van der Waals surface area contributed by atoms with E-state index in [0.29, 0.717) is 22.4 Å². The van der Waals surface area contributed by atoms with E-state index >= 15 is 0 Å². The molecule has 0 heterocycles. The highest BCUT2D eigenvalue weighted by Crippen LogP contribution is 2.17. The predicted molar refractivity (Wildman–Crippen MR) is 174 cm³/mol. The van der Waals surface area contributed by atoms with Gasteiger partial charge in [-0.3, -0.25) is 19.3 Å². The van der Waals surface area contributed by atoms with Crippen molar-refractivity contribution in [2.45, 2.75) is 63.7 Å². The number of urea groups is 1. The highest BCUT2D eigenvalue weighted by atomic mass is 19.0. The zero-order valence-corrected chi connectivity index (χ0v) is 27.1. The Morgan fingerprint density at radius 3 is 1.85 bits per heavy atom. The topological polar surface area (TPSA) is 222 Å². The van der Waals surface area contributed by atoms with Crippen LogP contribution in [0.1, 0.15) is 37.8 Å². The van der Waals surface area contributed by atoms with E-state index in [2.05, 4.69) is 15.6 Å². The molecule has 4 atom stereocenters. The first kappa shape index (κ1) is 40.0. The smallest absolute Gasteiger partial charge is 0.329 e. The van der Waals surface area contributed by atoms with Crippen LogP contribution in [0.3, 0.4) is 0 Å². The van der Waals surface area contributed by atoms with E-state index in [9.17, 15) is 24.0 Å². The molecule has 0 radical (unpaired) electrons. The van der Waals surface area contributed by atoms with Crippen LogP contribution in [0.4, 0.5) is 9.50 Å². The van der Waals surface area contributed by atoms with Gasteiger partial charge in [-0.1, -0.05) is 74.5 Å². The molecule has 0 bridgehead atoms. The minimum absolute atomic E-state index is 0. The number of nitrogens with one attached hydrogen (secondary N) is 2. The van der Waals surface area contributed by atoms with Crippen LogP contribution in [0.25, 0.3) is 0 Å². The summed E-state index contributed by atoms with van der Waals surface area (Å²) in [4.78, 5) is 72.0. The normalized spacial score (nSPS) is 13.1. The maximum atomic E-state index is 14.3. The number of benzene rings is 2. The van der Waals surface area contributed by atoms with Gasteiger partial charge in [-0.05, 0) is 29.9 Å². The zero-order chi connectivity index (χ0) is 34.2. The SMILES string of the molecule is COC(=O)[C@H](Cc1ccccc1)NC(=O)N(C(=O)[C@@H](NC(=O)[C@@H](N)CCCN=C(N)N)C(C)C)[C@@H](Cc1ccccc1)C(=O)OC.F. The second-order valence-electron chi connectivity index (χ2n) is 10.9. The number of esters is 2. The molecule has 2 rings (SSSR count). The Balaban J connectivity index is 0.0000110. The van der Waals surface area contributed by atoms with Gasteiger partial charge >= 0.3 is 18.0 Å². The van der Waals surface area contributed by atoms with Gasteiger partial charge in [-0.15, -0.1) is 0 Å². The van der Waals surface area contributed by atoms with E-state index in [-0.39, 0.29) is 36.5 Å². The first-order valence-corrected chi connectivity index (χ1v) is 14.9. The number of rotatable bonds is 16. The molecule has 0 aliphatic carbocycles. The Morgan fingerprint density at radius 1 is 0.830 bits per heavy atom. The second-order valence-corrected chi connectivity index (χ2v) is 10.9. The van der Waals surface area contributed by atoms with E-state index in [1.165, 1.54) is 7.11 Å². The van der Waals surface area contributed by atoms with Gasteiger partial charge in [0.05, 0.1) is 20.3 Å². The van der Waals surface area contributed by atoms with Crippen LogP contribution in [0.15, 0.2) is 65.7 Å². The standard InChI is InChI=1S/C32H45N7O7.FH/c1-20(2)26(38-27(40)23(33)16-11-17-36-31(34)35)28(41)39(25(30(43)46-4)19-22-14-9-6-10-15-22)32(44)37-24(29(42)45-3)18-21-12-7-5-8-13-21;/h5-10,12-15,20,23-26H,11,16-19,33H2,1-4H3,(H,37,44)(H,38,40)(H4,34,35,36);1H/t23-,24-,25-,26-;/m0./s1. The van der Waals surface area contributed by atoms with Crippen LogP contribution in [0.2, 0.25) is 0 Å². The van der Waals surface area contributed by atoms with Crippen LogP contribution in [-0.2, 0) is 41.5 Å². The molecule has 258 valence electrons. The highest BCUT2D eigenvalue weighted by Gasteiger charge is 2.42. The lowest BCUT2D eigenvalue weighted by Crippen LogP contribution is -2.63. The van der Waals surface area contributed by atoms with Crippen LogP contribution in [0, 0.1) is 5.92 Å². The number of halogens is 1. The largest absolute Gasteiger partial charge is 0.467 e. The van der Waals surface area contributed by atoms with E-state index in [4.69, 9.17) is 26.7 Å². The highest BCUT2D eigenvalue weighted by molar-refractivity contribution is 6.03. The van der Waals surface area contributed by atoms with Gasteiger partial charge in [0.15, 0.2) is 5.96 Å². The number of imide groups is 1. The number of methoxy groups -OCH3 is 2. The van der Waals surface area contributed by atoms with Gasteiger partial charge in [-0.25, -0.2) is 19.3 Å². The van der Waals surface area contributed by atoms with Crippen molar-refractivity contribution in [3.63, 3.8) is 0 Å². The number of carbonyl (C=O) groups excluding carboxylic acids is 5. The number of hydrogen-bond acceptors (Lipinski definition) is 9. The summed E-state index contributed by atoms with van der Waals surface area (Å²) in [5.74, 6) is -3.82. The first-order valence-electron chi connectivity index (χ1n) is 14.9. The van der Waals surface area contributed by atoms with Crippen molar-refractivity contribution in [1.29, 1.82) is 0 Å². The summed E-state index contributed by atoms with van der Waals surface area (Å²) in [5.41, 5.74) is 18.1. The molecule has 47 heavy (non-hydrogen) atoms. The van der Waals surface area contributed by atoms with Crippen LogP contribution < -0.4 is 27.8 Å². The predicted octanol–water partition coefficient (Wildman–Crippen LogP) is 0.767. The third-order valence-electron chi connectivity index (χ3n) is 7.11. The first-order chi connectivity index (χ1) is 21.9. The van der Waals surface area contributed by atoms with Crippen molar-refractivity contribution < 1.29 is 38.2 Å². The number of amides is 4. The molecule has 0 aromatic heterocycles. The maximum absolute atomic E-state index is 14.3. The number of carbonyl (C=O) groups is 5. The average molecular weight is 660 g/mol. The number of hydrogen-bond donors (Lipinski definition) is 5. The lowest BCUT2D eigenvalue weighted by atomic mass is 9.98. The quantitative estimate of drug-likeness (QED) is 0.0737. The molecular formula is C32H46FN7O7. The van der Waals surface area contributed by atoms with Crippen molar-refractivity contribution in [3.8, 4) is 0 Å². The van der Waals surface area contributed by atoms with Gasteiger partial charge < -0.3 is 37.3 Å². The molecule has 0 fully saturated rings. The third kappa shape index (κ3) is 12.7. The number of nitrogens with zero attached hydrogens (tertiary/aromatic N) is 2. The molecule has 0 saturated carbocycles. The minimum atomic E-state index is -1.46.